The van der Waals surface area contributed by atoms with Crippen molar-refractivity contribution < 1.29 is 19.4 Å². The molecule has 1 amide bonds. The first kappa shape index (κ1) is 18.8. The number of carbonyl (C=O) groups excluding carboxylic acids is 1. The molecule has 2 aromatic rings. The van der Waals surface area contributed by atoms with E-state index in [1.54, 1.807) is 18.1 Å². The molecule has 1 fully saturated rings. The van der Waals surface area contributed by atoms with Gasteiger partial charge < -0.3 is 20.1 Å². The Kier molecular flexibility index (Phi) is 5.64. The first-order chi connectivity index (χ1) is 13.0. The molecule has 1 heterocycles. The summed E-state index contributed by atoms with van der Waals surface area (Å²) in [4.78, 5) is 26.1. The van der Waals surface area contributed by atoms with Gasteiger partial charge in [-0.05, 0) is 36.6 Å². The number of aliphatic carboxylic acids is 1. The third kappa shape index (κ3) is 4.22. The highest BCUT2D eigenvalue weighted by molar-refractivity contribution is 6.00. The number of amides is 1. The zero-order valence-electron chi connectivity index (χ0n) is 15.5. The molecule has 6 heteroatoms. The highest BCUT2D eigenvalue weighted by atomic mass is 16.5. The first-order valence-corrected chi connectivity index (χ1v) is 9.01. The van der Waals surface area contributed by atoms with Gasteiger partial charge >= 0.3 is 5.97 Å². The average Bonchev–Trinajstić information content (AvgIpc) is 2.67. The Labute approximate surface area is 158 Å². The van der Waals surface area contributed by atoms with Crippen LogP contribution in [0, 0.1) is 11.8 Å². The molecule has 1 saturated heterocycles. The molecule has 0 aliphatic carbocycles. The number of rotatable bonds is 5. The number of ether oxygens (including phenoxy) is 1. The summed E-state index contributed by atoms with van der Waals surface area (Å²) in [7, 11) is 1.61. The maximum Gasteiger partial charge on any atom is 0.306 e. The van der Waals surface area contributed by atoms with Gasteiger partial charge in [-0.1, -0.05) is 25.1 Å². The average molecular weight is 368 g/mol. The van der Waals surface area contributed by atoms with Gasteiger partial charge in [0.25, 0.3) is 5.91 Å². The molecule has 0 saturated carbocycles. The van der Waals surface area contributed by atoms with Gasteiger partial charge in [0.15, 0.2) is 0 Å². The number of carbonyl (C=O) groups is 2. The summed E-state index contributed by atoms with van der Waals surface area (Å²) in [6, 6.07) is 14.9. The van der Waals surface area contributed by atoms with E-state index in [0.717, 1.165) is 11.4 Å². The van der Waals surface area contributed by atoms with Crippen LogP contribution in [0.15, 0.2) is 48.5 Å². The fraction of sp³-hybridized carbons (Fsp3) is 0.333. The number of anilines is 2. The summed E-state index contributed by atoms with van der Waals surface area (Å²) in [5.41, 5.74) is 2.11. The summed E-state index contributed by atoms with van der Waals surface area (Å²) < 4.78 is 5.24. The number of carboxylic acids is 1. The molecule has 2 unspecified atom stereocenters. The number of nitrogens with zero attached hydrogens (tertiary/aromatic N) is 1. The molecule has 1 aliphatic rings. The fourth-order valence-corrected chi connectivity index (χ4v) is 3.50. The van der Waals surface area contributed by atoms with E-state index >= 15 is 0 Å². The van der Waals surface area contributed by atoms with Crippen molar-refractivity contribution in [1.29, 1.82) is 0 Å². The summed E-state index contributed by atoms with van der Waals surface area (Å²) in [5.74, 6) is -0.599. The maximum absolute atomic E-state index is 13.1. The van der Waals surface area contributed by atoms with E-state index in [0.29, 0.717) is 30.8 Å². The summed E-state index contributed by atoms with van der Waals surface area (Å²) in [5, 5.41) is 12.6. The molecule has 2 N–H and O–H groups in total. The largest absolute Gasteiger partial charge is 0.497 e. The molecule has 142 valence electrons. The molecule has 0 radical (unpaired) electrons. The SMILES string of the molecule is COc1cccc(Nc2ccccc2C(=O)N2CCC(C(=O)O)C(C)C2)c1. The Bertz CT molecular complexity index is 836. The minimum absolute atomic E-state index is 0.0706. The molecule has 0 bridgehead atoms. The molecular formula is C21H24N2O4. The lowest BCUT2D eigenvalue weighted by Crippen LogP contribution is -2.45. The van der Waals surface area contributed by atoms with Crippen LogP contribution < -0.4 is 10.1 Å². The van der Waals surface area contributed by atoms with Gasteiger partial charge in [-0.3, -0.25) is 9.59 Å². The second-order valence-electron chi connectivity index (χ2n) is 6.86. The normalized spacial score (nSPS) is 19.4. The van der Waals surface area contributed by atoms with Gasteiger partial charge in [0.2, 0.25) is 0 Å². The summed E-state index contributed by atoms with van der Waals surface area (Å²) in [6.07, 6.45) is 0.480. The standard InChI is InChI=1S/C21H24N2O4/c1-14-13-23(11-10-17(14)21(25)26)20(24)18-8-3-4-9-19(18)22-15-6-5-7-16(12-15)27-2/h3-9,12,14,17,22H,10-11,13H2,1-2H3,(H,25,26). The van der Waals surface area contributed by atoms with Crippen LogP contribution in [-0.2, 0) is 4.79 Å². The Morgan fingerprint density at radius 2 is 1.96 bits per heavy atom. The molecule has 2 aromatic carbocycles. The van der Waals surface area contributed by atoms with Crippen LogP contribution in [-0.4, -0.2) is 42.1 Å². The van der Waals surface area contributed by atoms with E-state index in [1.165, 1.54) is 0 Å². The molecule has 6 nitrogen and oxygen atoms in total. The number of likely N-dealkylation sites (tertiary alicyclic amines) is 1. The third-order valence-corrected chi connectivity index (χ3v) is 5.02. The molecule has 0 aromatic heterocycles. The summed E-state index contributed by atoms with van der Waals surface area (Å²) >= 11 is 0. The highest BCUT2D eigenvalue weighted by Gasteiger charge is 2.33. The van der Waals surface area contributed by atoms with Crippen molar-refractivity contribution in [3.63, 3.8) is 0 Å². The number of piperidine rings is 1. The van der Waals surface area contributed by atoms with E-state index in [4.69, 9.17) is 4.74 Å². The minimum atomic E-state index is -0.783. The molecule has 27 heavy (non-hydrogen) atoms. The van der Waals surface area contributed by atoms with Crippen LogP contribution in [0.4, 0.5) is 11.4 Å². The van der Waals surface area contributed by atoms with Gasteiger partial charge in [0.05, 0.1) is 24.3 Å². The fourth-order valence-electron chi connectivity index (χ4n) is 3.50. The number of benzene rings is 2. The maximum atomic E-state index is 13.1. The van der Waals surface area contributed by atoms with Crippen molar-refractivity contribution in [2.75, 3.05) is 25.5 Å². The lowest BCUT2D eigenvalue weighted by molar-refractivity contribution is -0.145. The predicted molar refractivity (Wildman–Crippen MR) is 104 cm³/mol. The van der Waals surface area contributed by atoms with Crippen molar-refractivity contribution in [3.8, 4) is 5.75 Å². The number of hydrogen-bond acceptors (Lipinski definition) is 4. The van der Waals surface area contributed by atoms with E-state index in [2.05, 4.69) is 5.32 Å². The third-order valence-electron chi connectivity index (χ3n) is 5.02. The van der Waals surface area contributed by atoms with Crippen LogP contribution in [0.3, 0.4) is 0 Å². The number of nitrogens with one attached hydrogen (secondary N) is 1. The number of para-hydroxylation sites is 1. The Balaban J connectivity index is 1.79. The van der Waals surface area contributed by atoms with Crippen molar-refractivity contribution in [2.24, 2.45) is 11.8 Å². The number of carboxylic acid groups (broad SMARTS) is 1. The Morgan fingerprint density at radius 1 is 1.19 bits per heavy atom. The van der Waals surface area contributed by atoms with E-state index in [-0.39, 0.29) is 17.7 Å². The lowest BCUT2D eigenvalue weighted by Gasteiger charge is -2.35. The second kappa shape index (κ2) is 8.12. The minimum Gasteiger partial charge on any atom is -0.497 e. The van der Waals surface area contributed by atoms with Gasteiger partial charge in [-0.15, -0.1) is 0 Å². The first-order valence-electron chi connectivity index (χ1n) is 9.01. The quantitative estimate of drug-likeness (QED) is 0.843. The van der Waals surface area contributed by atoms with Crippen molar-refractivity contribution in [2.45, 2.75) is 13.3 Å². The van der Waals surface area contributed by atoms with Gasteiger partial charge in [0.1, 0.15) is 5.75 Å². The topological polar surface area (TPSA) is 78.9 Å². The molecule has 3 rings (SSSR count). The van der Waals surface area contributed by atoms with Gasteiger partial charge in [0, 0.05) is 24.8 Å². The van der Waals surface area contributed by atoms with Crippen LogP contribution in [0.1, 0.15) is 23.7 Å². The van der Waals surface area contributed by atoms with Gasteiger partial charge in [-0.25, -0.2) is 0 Å². The van der Waals surface area contributed by atoms with Crippen LogP contribution in [0.25, 0.3) is 0 Å². The van der Waals surface area contributed by atoms with Crippen LogP contribution in [0.5, 0.6) is 5.75 Å². The smallest absolute Gasteiger partial charge is 0.306 e. The summed E-state index contributed by atoms with van der Waals surface area (Å²) in [6.45, 7) is 2.79. The highest BCUT2D eigenvalue weighted by Crippen LogP contribution is 2.28. The zero-order chi connectivity index (χ0) is 19.4. The molecular weight excluding hydrogens is 344 g/mol. The monoisotopic (exact) mass is 368 g/mol. The van der Waals surface area contributed by atoms with Crippen LogP contribution in [0.2, 0.25) is 0 Å². The van der Waals surface area contributed by atoms with Crippen molar-refractivity contribution in [1.82, 2.24) is 4.90 Å². The second-order valence-corrected chi connectivity index (χ2v) is 6.86. The van der Waals surface area contributed by atoms with Crippen molar-refractivity contribution >= 4 is 23.3 Å². The van der Waals surface area contributed by atoms with Crippen LogP contribution >= 0.6 is 0 Å². The molecule has 1 aliphatic heterocycles. The van der Waals surface area contributed by atoms with Gasteiger partial charge in [-0.2, -0.15) is 0 Å². The number of hydrogen-bond donors (Lipinski definition) is 2. The Hall–Kier alpha value is -3.02. The Morgan fingerprint density at radius 3 is 2.67 bits per heavy atom. The lowest BCUT2D eigenvalue weighted by atomic mass is 9.86. The molecule has 0 spiro atoms. The van der Waals surface area contributed by atoms with Crippen molar-refractivity contribution in [3.05, 3.63) is 54.1 Å². The molecule has 2 atom stereocenters. The van der Waals surface area contributed by atoms with E-state index in [9.17, 15) is 14.7 Å². The predicted octanol–water partition coefficient (Wildman–Crippen LogP) is 3.62. The van der Waals surface area contributed by atoms with E-state index < -0.39 is 5.97 Å². The zero-order valence-corrected chi connectivity index (χ0v) is 15.5. The number of methoxy groups -OCH3 is 1. The van der Waals surface area contributed by atoms with E-state index in [1.807, 2.05) is 49.4 Å².